The minimum absolute atomic E-state index is 0.0657. The van der Waals surface area contributed by atoms with Crippen LogP contribution in [0.3, 0.4) is 0 Å². The van der Waals surface area contributed by atoms with E-state index in [4.69, 9.17) is 0 Å². The molecule has 0 atom stereocenters. The van der Waals surface area contributed by atoms with E-state index in [1.165, 1.54) is 14.2 Å². The van der Waals surface area contributed by atoms with Crippen LogP contribution in [0.1, 0.15) is 21.6 Å². The lowest BCUT2D eigenvalue weighted by Crippen LogP contribution is -2.11. The Bertz CT molecular complexity index is 381. The van der Waals surface area contributed by atoms with Crippen molar-refractivity contribution in [2.75, 3.05) is 14.2 Å². The Morgan fingerprint density at radius 1 is 1.33 bits per heavy atom. The Morgan fingerprint density at radius 3 is 2.53 bits per heavy atom. The number of hydrogen-bond donors (Lipinski definition) is 1. The standard InChI is InChI=1S/C10H13NO4/c1-6-5-11-9(10(13)15-3)7(6)4-8(12)14-2/h5,11H,4H2,1-3H3. The van der Waals surface area contributed by atoms with Crippen molar-refractivity contribution in [2.24, 2.45) is 0 Å². The number of ether oxygens (including phenoxy) is 2. The van der Waals surface area contributed by atoms with E-state index in [2.05, 4.69) is 14.5 Å². The highest BCUT2D eigenvalue weighted by Gasteiger charge is 2.18. The first-order valence-electron chi connectivity index (χ1n) is 4.42. The minimum atomic E-state index is -0.484. The molecule has 0 bridgehead atoms. The van der Waals surface area contributed by atoms with Gasteiger partial charge in [0.25, 0.3) is 0 Å². The van der Waals surface area contributed by atoms with Crippen LogP contribution in [0.4, 0.5) is 0 Å². The number of nitrogens with one attached hydrogen (secondary N) is 1. The Hall–Kier alpha value is -1.78. The third-order valence-electron chi connectivity index (χ3n) is 2.15. The maximum absolute atomic E-state index is 11.3. The number of H-pyrrole nitrogens is 1. The molecule has 0 aliphatic rings. The van der Waals surface area contributed by atoms with Crippen LogP contribution in [-0.2, 0) is 20.7 Å². The summed E-state index contributed by atoms with van der Waals surface area (Å²) in [5.74, 6) is -0.871. The SMILES string of the molecule is COC(=O)Cc1c(C)c[nH]c1C(=O)OC. The van der Waals surface area contributed by atoms with Gasteiger partial charge in [-0.05, 0) is 18.1 Å². The van der Waals surface area contributed by atoms with Crippen LogP contribution < -0.4 is 0 Å². The predicted molar refractivity (Wildman–Crippen MR) is 52.6 cm³/mol. The van der Waals surface area contributed by atoms with Crippen LogP contribution in [0.2, 0.25) is 0 Å². The maximum Gasteiger partial charge on any atom is 0.354 e. The van der Waals surface area contributed by atoms with E-state index in [1.54, 1.807) is 13.1 Å². The molecule has 0 unspecified atom stereocenters. The van der Waals surface area contributed by atoms with Crippen LogP contribution in [0.15, 0.2) is 6.20 Å². The van der Waals surface area contributed by atoms with Crippen molar-refractivity contribution in [3.8, 4) is 0 Å². The molecule has 0 amide bonds. The fourth-order valence-electron chi connectivity index (χ4n) is 1.28. The molecule has 1 aromatic rings. The maximum atomic E-state index is 11.3. The molecule has 0 aliphatic carbocycles. The second-order valence-corrected chi connectivity index (χ2v) is 3.07. The number of methoxy groups -OCH3 is 2. The van der Waals surface area contributed by atoms with Crippen LogP contribution >= 0.6 is 0 Å². The lowest BCUT2D eigenvalue weighted by Gasteiger charge is -2.02. The van der Waals surface area contributed by atoms with Crippen LogP contribution in [0.25, 0.3) is 0 Å². The Labute approximate surface area is 87.4 Å². The number of aromatic amines is 1. The molecular formula is C10H13NO4. The molecule has 0 aromatic carbocycles. The third-order valence-corrected chi connectivity index (χ3v) is 2.15. The smallest absolute Gasteiger partial charge is 0.354 e. The average molecular weight is 211 g/mol. The summed E-state index contributed by atoms with van der Waals surface area (Å²) in [6, 6.07) is 0. The summed E-state index contributed by atoms with van der Waals surface area (Å²) in [6.07, 6.45) is 1.72. The van der Waals surface area contributed by atoms with Crippen molar-refractivity contribution in [1.29, 1.82) is 0 Å². The van der Waals surface area contributed by atoms with E-state index in [0.717, 1.165) is 5.56 Å². The molecular weight excluding hydrogens is 198 g/mol. The molecule has 5 nitrogen and oxygen atoms in total. The summed E-state index contributed by atoms with van der Waals surface area (Å²) in [5.41, 5.74) is 1.76. The second-order valence-electron chi connectivity index (χ2n) is 3.07. The molecule has 1 aromatic heterocycles. The lowest BCUT2D eigenvalue weighted by molar-refractivity contribution is -0.139. The van der Waals surface area contributed by atoms with Gasteiger partial charge in [0.15, 0.2) is 0 Å². The number of aryl methyl sites for hydroxylation is 1. The molecule has 1 N–H and O–H groups in total. The molecule has 1 heterocycles. The topological polar surface area (TPSA) is 68.4 Å². The predicted octanol–water partition coefficient (Wildman–Crippen LogP) is 0.825. The summed E-state index contributed by atoms with van der Waals surface area (Å²) in [7, 11) is 2.60. The van der Waals surface area contributed by atoms with Crippen LogP contribution in [0, 0.1) is 6.92 Å². The highest BCUT2D eigenvalue weighted by molar-refractivity contribution is 5.91. The molecule has 0 radical (unpaired) electrons. The molecule has 0 aliphatic heterocycles. The molecule has 1 rings (SSSR count). The Kier molecular flexibility index (Phi) is 3.49. The number of carbonyl (C=O) groups is 2. The van der Waals surface area contributed by atoms with Crippen LogP contribution in [0.5, 0.6) is 0 Å². The first-order valence-corrected chi connectivity index (χ1v) is 4.42. The van der Waals surface area contributed by atoms with Gasteiger partial charge in [0, 0.05) is 6.20 Å². The van der Waals surface area contributed by atoms with E-state index in [-0.39, 0.29) is 12.4 Å². The van der Waals surface area contributed by atoms with Crippen molar-refractivity contribution in [3.05, 3.63) is 23.0 Å². The van der Waals surface area contributed by atoms with Crippen molar-refractivity contribution in [1.82, 2.24) is 4.98 Å². The van der Waals surface area contributed by atoms with Gasteiger partial charge in [-0.25, -0.2) is 4.79 Å². The van der Waals surface area contributed by atoms with Crippen molar-refractivity contribution < 1.29 is 19.1 Å². The summed E-state index contributed by atoms with van der Waals surface area (Å²) in [5, 5.41) is 0. The summed E-state index contributed by atoms with van der Waals surface area (Å²) in [4.78, 5) is 25.2. The highest BCUT2D eigenvalue weighted by Crippen LogP contribution is 2.15. The molecule has 5 heteroatoms. The number of hydrogen-bond acceptors (Lipinski definition) is 4. The first-order chi connectivity index (χ1) is 7.10. The monoisotopic (exact) mass is 211 g/mol. The summed E-state index contributed by atoms with van der Waals surface area (Å²) >= 11 is 0. The molecule has 0 fully saturated rings. The zero-order valence-electron chi connectivity index (χ0n) is 8.92. The van der Waals surface area contributed by atoms with E-state index < -0.39 is 5.97 Å². The highest BCUT2D eigenvalue weighted by atomic mass is 16.5. The van der Waals surface area contributed by atoms with Crippen LogP contribution in [-0.4, -0.2) is 31.1 Å². The average Bonchev–Trinajstić information content (AvgIpc) is 2.59. The molecule has 15 heavy (non-hydrogen) atoms. The van der Waals surface area contributed by atoms with Gasteiger partial charge in [-0.2, -0.15) is 0 Å². The summed E-state index contributed by atoms with van der Waals surface area (Å²) in [6.45, 7) is 1.81. The van der Waals surface area contributed by atoms with Gasteiger partial charge in [-0.15, -0.1) is 0 Å². The van der Waals surface area contributed by atoms with Gasteiger partial charge < -0.3 is 14.5 Å². The minimum Gasteiger partial charge on any atom is -0.469 e. The van der Waals surface area contributed by atoms with Gasteiger partial charge in [-0.3, -0.25) is 4.79 Å². The molecule has 0 saturated carbocycles. The van der Waals surface area contributed by atoms with Gasteiger partial charge in [-0.1, -0.05) is 0 Å². The largest absolute Gasteiger partial charge is 0.469 e. The molecule has 0 saturated heterocycles. The van der Waals surface area contributed by atoms with Gasteiger partial charge >= 0.3 is 11.9 Å². The summed E-state index contributed by atoms with van der Waals surface area (Å²) < 4.78 is 9.13. The van der Waals surface area contributed by atoms with Crippen molar-refractivity contribution >= 4 is 11.9 Å². The number of carbonyl (C=O) groups excluding carboxylic acids is 2. The van der Waals surface area contributed by atoms with Gasteiger partial charge in [0.2, 0.25) is 0 Å². The van der Waals surface area contributed by atoms with E-state index >= 15 is 0 Å². The van der Waals surface area contributed by atoms with E-state index in [0.29, 0.717) is 11.3 Å². The molecule has 0 spiro atoms. The normalized spacial score (nSPS) is 9.80. The van der Waals surface area contributed by atoms with E-state index in [1.807, 2.05) is 0 Å². The number of aromatic nitrogens is 1. The van der Waals surface area contributed by atoms with Gasteiger partial charge in [0.1, 0.15) is 5.69 Å². The second kappa shape index (κ2) is 4.63. The molecule has 82 valence electrons. The fourth-order valence-corrected chi connectivity index (χ4v) is 1.28. The lowest BCUT2D eigenvalue weighted by atomic mass is 10.1. The van der Waals surface area contributed by atoms with Crippen molar-refractivity contribution in [2.45, 2.75) is 13.3 Å². The quantitative estimate of drug-likeness (QED) is 0.752. The zero-order chi connectivity index (χ0) is 11.4. The Morgan fingerprint density at radius 2 is 2.00 bits per heavy atom. The zero-order valence-corrected chi connectivity index (χ0v) is 8.92. The fraction of sp³-hybridized carbons (Fsp3) is 0.400. The van der Waals surface area contributed by atoms with Gasteiger partial charge in [0.05, 0.1) is 20.6 Å². The first kappa shape index (κ1) is 11.3. The number of rotatable bonds is 3. The third kappa shape index (κ3) is 2.37. The van der Waals surface area contributed by atoms with Crippen molar-refractivity contribution in [3.63, 3.8) is 0 Å². The Balaban J connectivity index is 2.99. The number of esters is 2. The van der Waals surface area contributed by atoms with E-state index in [9.17, 15) is 9.59 Å².